The van der Waals surface area contributed by atoms with Gasteiger partial charge in [0.05, 0.1) is 19.7 Å². The number of aliphatic carboxylic acids is 1. The van der Waals surface area contributed by atoms with Crippen molar-refractivity contribution in [3.63, 3.8) is 0 Å². The summed E-state index contributed by atoms with van der Waals surface area (Å²) in [5.74, 6) is -4.20. The number of amides is 5. The van der Waals surface area contributed by atoms with Gasteiger partial charge in [-0.1, -0.05) is 104 Å². The van der Waals surface area contributed by atoms with Crippen LogP contribution in [0.1, 0.15) is 130 Å². The van der Waals surface area contributed by atoms with Crippen LogP contribution in [0.3, 0.4) is 0 Å². The molecular weight excluding hydrogens is 606 g/mol. The Morgan fingerprint density at radius 2 is 1.34 bits per heavy atom. The molecule has 1 rings (SSSR count). The summed E-state index contributed by atoms with van der Waals surface area (Å²) in [5, 5.41) is 27.9. The van der Waals surface area contributed by atoms with Gasteiger partial charge in [-0.05, 0) is 25.2 Å². The van der Waals surface area contributed by atoms with E-state index in [1.807, 2.05) is 6.92 Å². The van der Waals surface area contributed by atoms with Crippen LogP contribution in [0.25, 0.3) is 0 Å². The zero-order chi connectivity index (χ0) is 35.0. The Balaban J connectivity index is 2.40. The van der Waals surface area contributed by atoms with Crippen LogP contribution in [0.2, 0.25) is 0 Å². The Morgan fingerprint density at radius 1 is 0.766 bits per heavy atom. The molecule has 0 radical (unpaired) electrons. The summed E-state index contributed by atoms with van der Waals surface area (Å²) in [4.78, 5) is 75.9. The number of aliphatic hydroxyl groups is 1. The fourth-order valence-electron chi connectivity index (χ4n) is 5.66. The van der Waals surface area contributed by atoms with E-state index < -0.39 is 55.0 Å². The minimum absolute atomic E-state index is 0.187. The van der Waals surface area contributed by atoms with Crippen LogP contribution in [-0.4, -0.2) is 95.0 Å². The predicted octanol–water partition coefficient (Wildman–Crippen LogP) is 2.78. The summed E-state index contributed by atoms with van der Waals surface area (Å²) in [5.41, 5.74) is 0. The van der Waals surface area contributed by atoms with E-state index in [1.165, 1.54) is 69.1 Å². The molecule has 0 aliphatic carbocycles. The van der Waals surface area contributed by atoms with Gasteiger partial charge in [-0.2, -0.15) is 0 Å². The number of likely N-dealkylation sites (tertiary alicyclic amines) is 1. The molecule has 0 unspecified atom stereocenters. The van der Waals surface area contributed by atoms with Crippen molar-refractivity contribution in [3.05, 3.63) is 0 Å². The molecule has 0 aromatic heterocycles. The topological polar surface area (TPSA) is 194 Å². The van der Waals surface area contributed by atoms with Gasteiger partial charge in [-0.15, -0.1) is 0 Å². The van der Waals surface area contributed by atoms with Gasteiger partial charge in [0.25, 0.3) is 0 Å². The monoisotopic (exact) mass is 667 g/mol. The zero-order valence-electron chi connectivity index (χ0n) is 28.9. The van der Waals surface area contributed by atoms with Gasteiger partial charge in [0.2, 0.25) is 29.5 Å². The second kappa shape index (κ2) is 24.9. The minimum Gasteiger partial charge on any atom is -0.480 e. The number of carbonyl (C=O) groups is 6. The number of hydrogen-bond donors (Lipinski definition) is 6. The molecule has 1 fully saturated rings. The van der Waals surface area contributed by atoms with Gasteiger partial charge in [-0.25, -0.2) is 4.79 Å². The average Bonchev–Trinajstić information content (AvgIpc) is 3.56. The highest BCUT2D eigenvalue weighted by Crippen LogP contribution is 2.19. The summed E-state index contributed by atoms with van der Waals surface area (Å²) in [7, 11) is 0. The van der Waals surface area contributed by atoms with E-state index in [-0.39, 0.29) is 24.3 Å². The van der Waals surface area contributed by atoms with Crippen LogP contribution in [0.5, 0.6) is 0 Å². The Hall–Kier alpha value is -3.22. The summed E-state index contributed by atoms with van der Waals surface area (Å²) in [6.45, 7) is 4.66. The summed E-state index contributed by atoms with van der Waals surface area (Å²) < 4.78 is 0. The summed E-state index contributed by atoms with van der Waals surface area (Å²) in [6, 6.07) is -3.28. The predicted molar refractivity (Wildman–Crippen MR) is 179 cm³/mol. The number of carboxylic acids is 1. The maximum atomic E-state index is 13.2. The van der Waals surface area contributed by atoms with Crippen molar-refractivity contribution in [1.82, 2.24) is 26.2 Å². The zero-order valence-corrected chi connectivity index (χ0v) is 28.9. The Morgan fingerprint density at radius 3 is 1.87 bits per heavy atom. The van der Waals surface area contributed by atoms with Crippen molar-refractivity contribution in [3.8, 4) is 0 Å². The molecule has 47 heavy (non-hydrogen) atoms. The summed E-state index contributed by atoms with van der Waals surface area (Å²) >= 11 is 0. The third-order valence-electron chi connectivity index (χ3n) is 8.85. The van der Waals surface area contributed by atoms with Gasteiger partial charge >= 0.3 is 5.97 Å². The number of nitrogens with zero attached hydrogens (tertiary/aromatic N) is 1. The lowest BCUT2D eigenvalue weighted by atomic mass is 9.97. The van der Waals surface area contributed by atoms with Crippen molar-refractivity contribution in [2.75, 3.05) is 26.2 Å². The molecule has 270 valence electrons. The quantitative estimate of drug-likeness (QED) is 0.0758. The van der Waals surface area contributed by atoms with Gasteiger partial charge in [0, 0.05) is 13.0 Å². The number of carbonyl (C=O) groups excluding carboxylic acids is 5. The summed E-state index contributed by atoms with van der Waals surface area (Å²) in [6.07, 6.45) is 17.8. The second-order valence-electron chi connectivity index (χ2n) is 12.7. The first-order chi connectivity index (χ1) is 22.5. The Kier molecular flexibility index (Phi) is 22.1. The number of carboxylic acid groups (broad SMARTS) is 1. The molecule has 13 nitrogen and oxygen atoms in total. The van der Waals surface area contributed by atoms with Crippen LogP contribution in [0, 0.1) is 5.92 Å². The van der Waals surface area contributed by atoms with Crippen molar-refractivity contribution in [2.45, 2.75) is 148 Å². The van der Waals surface area contributed by atoms with Crippen LogP contribution >= 0.6 is 0 Å². The number of unbranched alkanes of at least 4 members (excludes halogenated alkanes) is 12. The number of hydrogen-bond acceptors (Lipinski definition) is 7. The fourth-order valence-corrected chi connectivity index (χ4v) is 5.66. The second-order valence-corrected chi connectivity index (χ2v) is 12.7. The lowest BCUT2D eigenvalue weighted by Crippen LogP contribution is -2.57. The van der Waals surface area contributed by atoms with Crippen LogP contribution in [0.4, 0.5) is 0 Å². The van der Waals surface area contributed by atoms with E-state index in [9.17, 15) is 28.8 Å². The van der Waals surface area contributed by atoms with Crippen LogP contribution in [-0.2, 0) is 28.8 Å². The first-order valence-electron chi connectivity index (χ1n) is 17.8. The van der Waals surface area contributed by atoms with Gasteiger partial charge in [0.1, 0.15) is 18.1 Å². The SMILES string of the molecule is CCCCCCCCCCCCCCCC(=O)NCC(=O)N1CCC[C@H]1C(=O)N[C@H](C(=O)NCC(=O)N[C@@H](CO)C(=O)O)[C@@H](C)CC. The van der Waals surface area contributed by atoms with E-state index >= 15 is 0 Å². The third-order valence-corrected chi connectivity index (χ3v) is 8.85. The van der Waals surface area contributed by atoms with E-state index in [2.05, 4.69) is 28.2 Å². The highest BCUT2D eigenvalue weighted by atomic mass is 16.4. The molecule has 0 bridgehead atoms. The number of nitrogens with one attached hydrogen (secondary N) is 4. The first-order valence-corrected chi connectivity index (χ1v) is 17.8. The molecule has 0 aromatic rings. The molecule has 4 atom stereocenters. The molecule has 1 aliphatic rings. The first kappa shape index (κ1) is 41.8. The molecule has 5 amide bonds. The smallest absolute Gasteiger partial charge is 0.328 e. The molecule has 1 aliphatic heterocycles. The standard InChI is InChI=1S/C34H61N5O8/c1-4-6-7-8-9-10-11-12-13-14-15-16-17-20-28(41)35-23-30(43)39-21-18-19-27(39)32(44)38-31(25(3)5-2)33(45)36-22-29(42)37-26(24-40)34(46)47/h25-27,31,40H,4-24H2,1-3H3,(H,35,41)(H,36,45)(H,37,42)(H,38,44)(H,46,47)/t25-,26-,27-,31-/m0/s1. The molecule has 0 spiro atoms. The highest BCUT2D eigenvalue weighted by molar-refractivity contribution is 5.95. The van der Waals surface area contributed by atoms with E-state index in [4.69, 9.17) is 10.2 Å². The van der Waals surface area contributed by atoms with Crippen molar-refractivity contribution < 1.29 is 39.0 Å². The minimum atomic E-state index is -1.50. The maximum Gasteiger partial charge on any atom is 0.328 e. The maximum absolute atomic E-state index is 13.2. The van der Waals surface area contributed by atoms with Gasteiger partial charge in [0.15, 0.2) is 0 Å². The number of aliphatic hydroxyl groups excluding tert-OH is 1. The molecule has 1 saturated heterocycles. The molecule has 0 saturated carbocycles. The van der Waals surface area contributed by atoms with Crippen molar-refractivity contribution in [2.24, 2.45) is 5.92 Å². The van der Waals surface area contributed by atoms with E-state index in [0.29, 0.717) is 32.2 Å². The molecule has 6 N–H and O–H groups in total. The van der Waals surface area contributed by atoms with Gasteiger partial charge < -0.3 is 36.4 Å². The van der Waals surface area contributed by atoms with Crippen LogP contribution in [0.15, 0.2) is 0 Å². The molecule has 0 aromatic carbocycles. The Labute approximate surface area is 280 Å². The normalized spacial score (nSPS) is 16.2. The lowest BCUT2D eigenvalue weighted by Gasteiger charge is -2.28. The highest BCUT2D eigenvalue weighted by Gasteiger charge is 2.37. The molecule has 13 heteroatoms. The molecular formula is C34H61N5O8. The Bertz CT molecular complexity index is 978. The van der Waals surface area contributed by atoms with Crippen LogP contribution < -0.4 is 21.3 Å². The fraction of sp³-hybridized carbons (Fsp3) is 0.824. The molecule has 1 heterocycles. The average molecular weight is 668 g/mol. The third kappa shape index (κ3) is 17.5. The number of rotatable bonds is 26. The lowest BCUT2D eigenvalue weighted by molar-refractivity contribution is -0.143. The largest absolute Gasteiger partial charge is 0.480 e. The van der Waals surface area contributed by atoms with Crippen molar-refractivity contribution in [1.29, 1.82) is 0 Å². The van der Waals surface area contributed by atoms with E-state index in [1.54, 1.807) is 6.92 Å². The van der Waals surface area contributed by atoms with E-state index in [0.717, 1.165) is 19.3 Å². The van der Waals surface area contributed by atoms with Crippen molar-refractivity contribution >= 4 is 35.5 Å². The van der Waals surface area contributed by atoms with Gasteiger partial charge in [-0.3, -0.25) is 24.0 Å².